The van der Waals surface area contributed by atoms with Crippen molar-refractivity contribution in [1.82, 2.24) is 40.0 Å². The zero-order chi connectivity index (χ0) is 103. The molecule has 8 fully saturated rings. The molecular formula is C109H194N8O17. The smallest absolute Gasteiger partial charge is 0.324 e. The molecule has 25 heteroatoms. The van der Waals surface area contributed by atoms with Crippen molar-refractivity contribution >= 4 is 47.8 Å². The van der Waals surface area contributed by atoms with E-state index in [1.807, 2.05) is 12.1 Å². The number of likely N-dealkylation sites (tertiary alicyclic amines) is 6. The summed E-state index contributed by atoms with van der Waals surface area (Å²) in [7, 11) is 12.7. The molecule has 0 radical (unpaired) electrons. The van der Waals surface area contributed by atoms with Crippen molar-refractivity contribution in [3.8, 4) is 5.75 Å². The van der Waals surface area contributed by atoms with E-state index in [4.69, 9.17) is 37.9 Å². The third-order valence-corrected chi connectivity index (χ3v) is 32.2. The normalized spacial score (nSPS) is 25.4. The Hall–Kier alpha value is -5.54. The molecule has 3 N–H and O–H groups in total. The van der Waals surface area contributed by atoms with E-state index in [9.17, 15) is 43.5 Å². The number of phenols is 1. The lowest BCUT2D eigenvalue weighted by Gasteiger charge is -2.53. The highest BCUT2D eigenvalue weighted by atomic mass is 16.6. The molecule has 0 unspecified atom stereocenters. The zero-order valence-corrected chi connectivity index (χ0v) is 93.2. The minimum Gasteiger partial charge on any atom is -0.507 e. The Morgan fingerprint density at radius 1 is 0.299 bits per heavy atom. The Labute approximate surface area is 813 Å². The van der Waals surface area contributed by atoms with Crippen LogP contribution in [-0.4, -0.2) is 262 Å². The molecule has 0 aliphatic carbocycles. The lowest BCUT2D eigenvalue weighted by atomic mass is 9.73. The Kier molecular flexibility index (Phi) is 36.3. The number of rotatable bonds is 21. The van der Waals surface area contributed by atoms with E-state index in [1.165, 1.54) is 0 Å². The number of hydrogen-bond donors (Lipinski definition) is 3. The Bertz CT molecular complexity index is 3740. The summed E-state index contributed by atoms with van der Waals surface area (Å²) in [5.41, 5.74) is -1.58. The summed E-state index contributed by atoms with van der Waals surface area (Å²) >= 11 is 0. The topological polar surface area (TPSA) is 274 Å². The van der Waals surface area contributed by atoms with Crippen LogP contribution in [0, 0.1) is 5.41 Å². The Morgan fingerprint density at radius 2 is 0.463 bits per heavy atom. The van der Waals surface area contributed by atoms with Crippen molar-refractivity contribution in [2.75, 3.05) is 42.3 Å². The molecule has 0 saturated carbocycles. The maximum Gasteiger partial charge on any atom is 0.324 e. The first-order chi connectivity index (χ1) is 60.0. The molecule has 134 heavy (non-hydrogen) atoms. The van der Waals surface area contributed by atoms with Gasteiger partial charge < -0.3 is 53.6 Å². The first-order valence-electron chi connectivity index (χ1n) is 50.5. The molecule has 772 valence electrons. The minimum atomic E-state index is -1.54. The van der Waals surface area contributed by atoms with E-state index in [0.29, 0.717) is 38.5 Å². The molecule has 8 heterocycles. The second-order valence-corrected chi connectivity index (χ2v) is 54.3. The third kappa shape index (κ3) is 31.2. The molecule has 8 aliphatic rings. The monoisotopic (exact) mass is 1890 g/mol. The quantitative estimate of drug-likeness (QED) is 0.0586. The molecule has 8 saturated heterocycles. The van der Waals surface area contributed by atoms with Gasteiger partial charge in [0.25, 0.3) is 0 Å². The number of nitrogens with one attached hydrogen (secondary N) is 2. The molecule has 0 bridgehead atoms. The maximum absolute atomic E-state index is 15.0. The first-order valence-corrected chi connectivity index (χ1v) is 50.5. The number of piperidine rings is 8. The summed E-state index contributed by atoms with van der Waals surface area (Å²) in [6, 6.07) is 3.99. The van der Waals surface area contributed by atoms with Crippen molar-refractivity contribution in [3.05, 3.63) is 28.8 Å². The number of esters is 8. The van der Waals surface area contributed by atoms with Gasteiger partial charge in [-0.25, -0.2) is 0 Å². The predicted octanol–water partition coefficient (Wildman–Crippen LogP) is 19.7. The van der Waals surface area contributed by atoms with E-state index in [1.54, 1.807) is 0 Å². The van der Waals surface area contributed by atoms with E-state index >= 15 is 0 Å². The molecule has 9 rings (SSSR count). The van der Waals surface area contributed by atoms with Crippen molar-refractivity contribution in [1.29, 1.82) is 0 Å². The highest BCUT2D eigenvalue weighted by molar-refractivity contribution is 6.01. The maximum atomic E-state index is 15.0. The van der Waals surface area contributed by atoms with Gasteiger partial charge >= 0.3 is 47.8 Å². The SMILES string of the molecule is CC1(C)CC(OC(=O)CC(=O)OC2CC(C)(C)NC(C)(C)C2)CC(C)(C)N1.CCCCC(Cc1cc(C(C)(C)C)c(O)c(C(C)(C)C)c1)(C(=O)OC1CC(C)(C)N(C)C(C)(C)C1)C(=O)OC1CC(C)(C)N(C)C(C)(C)C1.CN1C(C)(C)CC(OC(=O)CC(=O)OC2CC(C)(C)N(C)C(C)(C)C2)CC1(C)C.CN1C(C)(C)CC(OC(=O)CC(=O)OC2CC(C)(C)N(C)C(C)(C)C2)CC1(C)C. The minimum absolute atomic E-state index is 0.0709. The molecule has 8 aliphatic heterocycles. The Balaban J connectivity index is 0.000000285. The fourth-order valence-electron chi connectivity index (χ4n) is 24.3. The highest BCUT2D eigenvalue weighted by Crippen LogP contribution is 2.49. The van der Waals surface area contributed by atoms with Crippen LogP contribution in [0.4, 0.5) is 0 Å². The average molecular weight is 1890 g/mol. The number of ether oxygens (including phenoxy) is 8. The van der Waals surface area contributed by atoms with Crippen molar-refractivity contribution in [2.45, 2.75) is 566 Å². The third-order valence-electron chi connectivity index (χ3n) is 32.2. The number of carbonyl (C=O) groups excluding carboxylic acids is 8. The average Bonchev–Trinajstić information content (AvgIpc) is 0.771. The number of carbonyl (C=O) groups is 8. The lowest BCUT2D eigenvalue weighted by Crippen LogP contribution is -2.61. The van der Waals surface area contributed by atoms with Gasteiger partial charge in [-0.2, -0.15) is 0 Å². The lowest BCUT2D eigenvalue weighted by molar-refractivity contribution is -0.189. The molecule has 1 aromatic carbocycles. The van der Waals surface area contributed by atoms with Gasteiger partial charge in [0, 0.05) is 191 Å². The number of hydrogen-bond acceptors (Lipinski definition) is 25. The van der Waals surface area contributed by atoms with Crippen LogP contribution < -0.4 is 10.6 Å². The number of benzene rings is 1. The van der Waals surface area contributed by atoms with Crippen LogP contribution in [0.2, 0.25) is 0 Å². The van der Waals surface area contributed by atoms with E-state index < -0.39 is 53.2 Å². The zero-order valence-electron chi connectivity index (χ0n) is 93.2. The van der Waals surface area contributed by atoms with Crippen LogP contribution in [0.25, 0.3) is 0 Å². The van der Waals surface area contributed by atoms with Gasteiger partial charge in [0.15, 0.2) is 5.41 Å². The second kappa shape index (κ2) is 41.6. The van der Waals surface area contributed by atoms with E-state index in [-0.39, 0.29) is 180 Å². The van der Waals surface area contributed by atoms with Crippen LogP contribution in [0.1, 0.15) is 428 Å². The summed E-state index contributed by atoms with van der Waals surface area (Å²) in [5.74, 6) is -3.62. The van der Waals surface area contributed by atoms with E-state index in [2.05, 4.69) is 352 Å². The van der Waals surface area contributed by atoms with Gasteiger partial charge in [0.2, 0.25) is 0 Å². The van der Waals surface area contributed by atoms with Gasteiger partial charge in [-0.15, -0.1) is 0 Å². The van der Waals surface area contributed by atoms with Crippen molar-refractivity contribution in [2.24, 2.45) is 5.41 Å². The van der Waals surface area contributed by atoms with Gasteiger partial charge in [-0.1, -0.05) is 73.4 Å². The first kappa shape index (κ1) is 117. The van der Waals surface area contributed by atoms with Crippen molar-refractivity contribution < 1.29 is 81.4 Å². The Morgan fingerprint density at radius 3 is 0.627 bits per heavy atom. The summed E-state index contributed by atoms with van der Waals surface area (Å²) in [6.45, 7) is 83.4. The number of aromatic hydroxyl groups is 1. The number of phenolic OH excluding ortho intramolecular Hbond substituents is 1. The van der Waals surface area contributed by atoms with Gasteiger partial charge in [-0.05, 0) is 304 Å². The van der Waals surface area contributed by atoms with Crippen LogP contribution in [0.15, 0.2) is 12.1 Å². The summed E-state index contributed by atoms with van der Waals surface area (Å²) in [4.78, 5) is 118. The molecule has 0 aromatic heterocycles. The predicted molar refractivity (Wildman–Crippen MR) is 536 cm³/mol. The van der Waals surface area contributed by atoms with Crippen molar-refractivity contribution in [3.63, 3.8) is 0 Å². The van der Waals surface area contributed by atoms with Gasteiger partial charge in [-0.3, -0.25) is 67.8 Å². The largest absolute Gasteiger partial charge is 0.507 e. The van der Waals surface area contributed by atoms with Gasteiger partial charge in [0.1, 0.15) is 73.8 Å². The van der Waals surface area contributed by atoms with Crippen LogP contribution >= 0.6 is 0 Å². The molecule has 1 aromatic rings. The fourth-order valence-corrected chi connectivity index (χ4v) is 24.3. The summed E-state index contributed by atoms with van der Waals surface area (Å²) < 4.78 is 47.1. The highest BCUT2D eigenvalue weighted by Gasteiger charge is 2.57. The van der Waals surface area contributed by atoms with E-state index in [0.717, 1.165) is 100 Å². The number of unbranched alkanes of at least 4 members (excludes halogenated alkanes) is 1. The molecule has 0 spiro atoms. The van der Waals surface area contributed by atoms with Crippen LogP contribution in [0.5, 0.6) is 5.75 Å². The molecule has 0 atom stereocenters. The summed E-state index contributed by atoms with van der Waals surface area (Å²) in [5, 5.41) is 18.6. The molecule has 0 amide bonds. The fraction of sp³-hybridized carbons (Fsp3) is 0.872. The standard InChI is InChI=1S/C42H72N2O5.2C23H42N2O4.C21H38N2O4/c1-18-19-20-42(34(46)48-29-24-38(8,9)43(16)39(10,11)25-29,35(47)49-30-26-40(12,13)44(17)41(14,15)27-30)23-28-21-31(36(2,3)4)33(45)32(22-28)37(5,6)7;2*1-20(2)12-16(13-21(3,4)24(20)9)28-18(26)11-19(27)29-17-14-22(5,6)25(10)23(7,8)15-17;1-18(2)10-14(11-19(3,4)22-18)26-16(24)9-17(25)27-15-12-20(5,6)23-21(7,8)13-15/h21-22,29-30,45H,18-20,23-27H2,1-17H3;2*16-17H,11-15H2,1-10H3;14-15,22-23H,9-13H2,1-8H3. The van der Waals surface area contributed by atoms with Crippen LogP contribution in [-0.2, 0) is 93.5 Å². The van der Waals surface area contributed by atoms with Crippen LogP contribution in [0.3, 0.4) is 0 Å². The molecule has 25 nitrogen and oxygen atoms in total. The second-order valence-electron chi connectivity index (χ2n) is 54.3. The summed E-state index contributed by atoms with van der Waals surface area (Å²) in [6.07, 6.45) is 10.9. The molecular weight excluding hydrogens is 1690 g/mol. The van der Waals surface area contributed by atoms with Gasteiger partial charge in [0.05, 0.1) is 0 Å². The number of nitrogens with zero attached hydrogens (tertiary/aromatic N) is 6.